The van der Waals surface area contributed by atoms with Crippen LogP contribution in [0.25, 0.3) is 0 Å². The van der Waals surface area contributed by atoms with Crippen LogP contribution in [0.1, 0.15) is 35.2 Å². The van der Waals surface area contributed by atoms with E-state index in [4.69, 9.17) is 12.2 Å². The maximum atomic E-state index is 12.5. The molecule has 0 radical (unpaired) electrons. The first-order valence-electron chi connectivity index (χ1n) is 8.42. The molecule has 2 aromatic rings. The summed E-state index contributed by atoms with van der Waals surface area (Å²) in [6.45, 7) is 2.86. The number of aromatic amines is 1. The number of hydrogen-bond acceptors (Lipinski definition) is 3. The maximum Gasteiger partial charge on any atom is 0.256 e. The van der Waals surface area contributed by atoms with Crippen molar-refractivity contribution in [1.82, 2.24) is 9.88 Å². The molecule has 126 valence electrons. The summed E-state index contributed by atoms with van der Waals surface area (Å²) < 4.78 is 0.481. The number of carbonyl (C=O) groups is 1. The molecule has 0 bridgehead atoms. The second-order valence-corrected chi connectivity index (χ2v) is 6.70. The van der Waals surface area contributed by atoms with E-state index in [-0.39, 0.29) is 5.91 Å². The van der Waals surface area contributed by atoms with Crippen molar-refractivity contribution in [2.75, 3.05) is 25.0 Å². The molecule has 24 heavy (non-hydrogen) atoms. The van der Waals surface area contributed by atoms with Crippen LogP contribution in [-0.2, 0) is 6.54 Å². The minimum Gasteiger partial charge on any atom is -0.372 e. The van der Waals surface area contributed by atoms with Crippen molar-refractivity contribution in [3.8, 4) is 0 Å². The van der Waals surface area contributed by atoms with Gasteiger partial charge < -0.3 is 14.8 Å². The fraction of sp³-hybridized carbons (Fsp3) is 0.368. The van der Waals surface area contributed by atoms with Gasteiger partial charge in [-0.05, 0) is 49.1 Å². The lowest BCUT2D eigenvalue weighted by molar-refractivity contribution is 0.0784. The topological polar surface area (TPSA) is 39.3 Å². The van der Waals surface area contributed by atoms with E-state index >= 15 is 0 Å². The number of carbonyl (C=O) groups excluding carboxylic acids is 1. The molecule has 0 unspecified atom stereocenters. The molecule has 0 atom stereocenters. The number of aromatic nitrogens is 1. The van der Waals surface area contributed by atoms with Crippen LogP contribution >= 0.6 is 12.2 Å². The number of nitrogens with one attached hydrogen (secondary N) is 1. The van der Waals surface area contributed by atoms with Crippen molar-refractivity contribution in [1.29, 1.82) is 0 Å². The van der Waals surface area contributed by atoms with Gasteiger partial charge in [0.15, 0.2) is 0 Å². The lowest BCUT2D eigenvalue weighted by Crippen LogP contribution is -2.29. The third-order valence-corrected chi connectivity index (χ3v) is 4.81. The molecule has 1 aromatic heterocycles. The monoisotopic (exact) mass is 341 g/mol. The van der Waals surface area contributed by atoms with Gasteiger partial charge in [0.2, 0.25) is 0 Å². The summed E-state index contributed by atoms with van der Waals surface area (Å²) in [5.74, 6) is -0.0584. The van der Waals surface area contributed by atoms with Gasteiger partial charge in [-0.25, -0.2) is 0 Å². The first kappa shape index (κ1) is 16.7. The number of pyridine rings is 1. The van der Waals surface area contributed by atoms with Crippen molar-refractivity contribution in [2.45, 2.75) is 25.8 Å². The zero-order valence-corrected chi connectivity index (χ0v) is 14.8. The van der Waals surface area contributed by atoms with Crippen LogP contribution in [0, 0.1) is 4.64 Å². The number of benzene rings is 1. The third kappa shape index (κ3) is 3.85. The normalized spacial score (nSPS) is 14.5. The van der Waals surface area contributed by atoms with Crippen LogP contribution in [-0.4, -0.2) is 35.9 Å². The number of anilines is 1. The second-order valence-electron chi connectivity index (χ2n) is 6.29. The molecule has 1 aliphatic rings. The standard InChI is InChI=1S/C19H23N3OS/c1-21(19(23)17-6-5-11-20-18(17)24)14-15-7-9-16(10-8-15)22-12-3-2-4-13-22/h5-11H,2-4,12-14H2,1H3,(H,20,24). The Kier molecular flexibility index (Phi) is 5.30. The van der Waals surface area contributed by atoms with Gasteiger partial charge in [-0.15, -0.1) is 0 Å². The summed E-state index contributed by atoms with van der Waals surface area (Å²) in [6.07, 6.45) is 5.62. The average Bonchev–Trinajstić information content (AvgIpc) is 2.63. The number of piperidine rings is 1. The Hall–Kier alpha value is -2.14. The Morgan fingerprint density at radius 1 is 1.17 bits per heavy atom. The summed E-state index contributed by atoms with van der Waals surface area (Å²) in [4.78, 5) is 19.6. The summed E-state index contributed by atoms with van der Waals surface area (Å²) in [5, 5.41) is 0. The lowest BCUT2D eigenvalue weighted by atomic mass is 10.1. The molecule has 0 aliphatic carbocycles. The number of nitrogens with zero attached hydrogens (tertiary/aromatic N) is 2. The van der Waals surface area contributed by atoms with E-state index in [1.165, 1.54) is 24.9 Å². The fourth-order valence-electron chi connectivity index (χ4n) is 3.11. The predicted octanol–water partition coefficient (Wildman–Crippen LogP) is 4.01. The Morgan fingerprint density at radius 2 is 1.88 bits per heavy atom. The molecule has 5 heteroatoms. The summed E-state index contributed by atoms with van der Waals surface area (Å²) in [6, 6.07) is 12.1. The molecule has 3 rings (SSSR count). The van der Waals surface area contributed by atoms with Gasteiger partial charge in [-0.3, -0.25) is 4.79 Å². The molecule has 1 N–H and O–H groups in total. The van der Waals surface area contributed by atoms with Crippen molar-refractivity contribution >= 4 is 23.8 Å². The molecule has 0 saturated carbocycles. The van der Waals surface area contributed by atoms with Crippen molar-refractivity contribution < 1.29 is 4.79 Å². The summed E-state index contributed by atoms with van der Waals surface area (Å²) in [5.41, 5.74) is 2.94. The molecule has 1 amide bonds. The molecule has 1 fully saturated rings. The van der Waals surface area contributed by atoms with Crippen LogP contribution in [0.15, 0.2) is 42.6 Å². The minimum atomic E-state index is -0.0584. The second kappa shape index (κ2) is 7.62. The molecule has 1 aliphatic heterocycles. The van der Waals surface area contributed by atoms with E-state index in [2.05, 4.69) is 34.1 Å². The van der Waals surface area contributed by atoms with Crippen molar-refractivity contribution in [3.63, 3.8) is 0 Å². The van der Waals surface area contributed by atoms with Gasteiger partial charge in [0.1, 0.15) is 4.64 Å². The lowest BCUT2D eigenvalue weighted by Gasteiger charge is -2.29. The highest BCUT2D eigenvalue weighted by molar-refractivity contribution is 7.71. The van der Waals surface area contributed by atoms with Crippen LogP contribution in [0.3, 0.4) is 0 Å². The summed E-state index contributed by atoms with van der Waals surface area (Å²) >= 11 is 5.19. The largest absolute Gasteiger partial charge is 0.372 e. The van der Waals surface area contributed by atoms with E-state index in [1.807, 2.05) is 7.05 Å². The number of rotatable bonds is 4. The highest BCUT2D eigenvalue weighted by Gasteiger charge is 2.14. The molecular formula is C19H23N3OS. The van der Waals surface area contributed by atoms with Gasteiger partial charge in [0.25, 0.3) is 5.91 Å². The van der Waals surface area contributed by atoms with Crippen molar-refractivity contribution in [2.24, 2.45) is 0 Å². The van der Waals surface area contributed by atoms with Gasteiger partial charge in [0.05, 0.1) is 5.56 Å². The minimum absolute atomic E-state index is 0.0584. The Balaban J connectivity index is 1.66. The van der Waals surface area contributed by atoms with E-state index in [1.54, 1.807) is 23.2 Å². The van der Waals surface area contributed by atoms with Gasteiger partial charge in [0, 0.05) is 38.6 Å². The number of H-pyrrole nitrogens is 1. The Labute approximate surface area is 148 Å². The predicted molar refractivity (Wildman–Crippen MR) is 99.9 cm³/mol. The molecule has 1 aromatic carbocycles. The highest BCUT2D eigenvalue weighted by Crippen LogP contribution is 2.20. The quantitative estimate of drug-likeness (QED) is 0.854. The number of hydrogen-bond donors (Lipinski definition) is 1. The molecule has 2 heterocycles. The maximum absolute atomic E-state index is 12.5. The van der Waals surface area contributed by atoms with Gasteiger partial charge in [-0.2, -0.15) is 0 Å². The summed E-state index contributed by atoms with van der Waals surface area (Å²) in [7, 11) is 1.81. The van der Waals surface area contributed by atoms with Crippen LogP contribution in [0.2, 0.25) is 0 Å². The molecule has 0 spiro atoms. The van der Waals surface area contributed by atoms with E-state index in [0.717, 1.165) is 18.7 Å². The zero-order chi connectivity index (χ0) is 16.9. The third-order valence-electron chi connectivity index (χ3n) is 4.47. The first-order chi connectivity index (χ1) is 11.6. The smallest absolute Gasteiger partial charge is 0.256 e. The molecular weight excluding hydrogens is 318 g/mol. The fourth-order valence-corrected chi connectivity index (χ4v) is 3.33. The van der Waals surface area contributed by atoms with Crippen LogP contribution < -0.4 is 4.90 Å². The molecule has 4 nitrogen and oxygen atoms in total. The van der Waals surface area contributed by atoms with Gasteiger partial charge in [-0.1, -0.05) is 24.4 Å². The average molecular weight is 341 g/mol. The Morgan fingerprint density at radius 3 is 2.54 bits per heavy atom. The van der Waals surface area contributed by atoms with E-state index in [9.17, 15) is 4.79 Å². The first-order valence-corrected chi connectivity index (χ1v) is 8.83. The van der Waals surface area contributed by atoms with Gasteiger partial charge >= 0.3 is 0 Å². The highest BCUT2D eigenvalue weighted by atomic mass is 32.1. The molecule has 1 saturated heterocycles. The van der Waals surface area contributed by atoms with Crippen LogP contribution in [0.5, 0.6) is 0 Å². The zero-order valence-electron chi connectivity index (χ0n) is 14.0. The SMILES string of the molecule is CN(Cc1ccc(N2CCCCC2)cc1)C(=O)c1ccc[nH]c1=S. The van der Waals surface area contributed by atoms with Crippen LogP contribution in [0.4, 0.5) is 5.69 Å². The van der Waals surface area contributed by atoms with Crippen molar-refractivity contribution in [3.05, 3.63) is 58.4 Å². The van der Waals surface area contributed by atoms with E-state index < -0.39 is 0 Å². The van der Waals surface area contributed by atoms with E-state index in [0.29, 0.717) is 16.7 Å². The Bertz CT molecular complexity index is 748. The number of amides is 1.